The lowest BCUT2D eigenvalue weighted by molar-refractivity contribution is -0.219. The van der Waals surface area contributed by atoms with Gasteiger partial charge in [0, 0.05) is 59.4 Å². The molecule has 0 radical (unpaired) electrons. The number of alkyl halides is 2. The molecule has 8 aliphatic rings. The number of rotatable bonds is 21. The molecule has 8 aliphatic carbocycles. The molecule has 6 saturated carbocycles. The topological polar surface area (TPSA) is 332 Å². The number of carbonyl (C=O) groups excluding carboxylic acids is 7. The summed E-state index contributed by atoms with van der Waals surface area (Å²) in [6, 6.07) is 0. The molecule has 83 heavy (non-hydrogen) atoms. The summed E-state index contributed by atoms with van der Waals surface area (Å²) in [5.41, 5.74) is -6.58. The fourth-order valence-corrected chi connectivity index (χ4v) is 16.9. The van der Waals surface area contributed by atoms with Crippen LogP contribution in [0.2, 0.25) is 0 Å². The van der Waals surface area contributed by atoms with Crippen LogP contribution in [0.15, 0.2) is 57.8 Å². The van der Waals surface area contributed by atoms with E-state index in [1.807, 2.05) is 0 Å². The van der Waals surface area contributed by atoms with Gasteiger partial charge in [0.15, 0.2) is 28.7 Å². The number of hydrazone groups is 2. The summed E-state index contributed by atoms with van der Waals surface area (Å²) in [5.74, 6) is -9.36. The fraction of sp³-hybridized carbons (Fsp3) is 0.717. The molecule has 8 rings (SSSR count). The van der Waals surface area contributed by atoms with Gasteiger partial charge in [-0.2, -0.15) is 10.2 Å². The Hall–Kier alpha value is -5.27. The quantitative estimate of drug-likeness (QED) is 0.0583. The molecule has 23 heteroatoms. The summed E-state index contributed by atoms with van der Waals surface area (Å²) >= 11 is 0. The van der Waals surface area contributed by atoms with E-state index < -0.39 is 165 Å². The van der Waals surface area contributed by atoms with Gasteiger partial charge in [-0.25, -0.2) is 19.6 Å². The van der Waals surface area contributed by atoms with Gasteiger partial charge in [0.05, 0.1) is 49.9 Å². The zero-order valence-corrected chi connectivity index (χ0v) is 47.9. The highest BCUT2D eigenvalue weighted by Crippen LogP contribution is 2.72. The number of methoxy groups -OCH3 is 1. The van der Waals surface area contributed by atoms with Crippen LogP contribution in [-0.2, 0) is 43.0 Å². The van der Waals surface area contributed by atoms with Crippen LogP contribution in [0.3, 0.4) is 0 Å². The van der Waals surface area contributed by atoms with Crippen LogP contribution in [0.5, 0.6) is 0 Å². The number of amides is 4. The standard InChI is InChI=1S/C59H82F2N6O15.CH4/c1-32-20-42-40-11-9-35-23-37(14-16-52(35,3)56(40,60)44(71)25-54(42,5)58(32,79)46(73)29-68)64-66-49(76)27-62-48(75)13-8-34(22-39(70)31-82-19-18-81-7)51(78)63-28-50(77)67-65-38-15-17-53(4)36(24-38)10-12-41-43-21-33(2)59(80,47(74)30-69)55(43,6)26-45(72)57(41,53)61;/h14-17,23-24,32-34,40-45,68-69,71-72,79-80H,8-13,18-22,25-31H2,1-7H3,(H,62,75)(H,63,78)(H,66,76)(H,67,77);1H4/b64-37+,65-38+;/t32-,33-,34-,40+,41+,42+,43+,44+,45+,52+,53+,54+,55+,56+,57+,58+,59+;/m1./s1. The number of carbonyl (C=O) groups is 7. The van der Waals surface area contributed by atoms with Crippen LogP contribution in [0, 0.1) is 63.1 Å². The van der Waals surface area contributed by atoms with Crippen molar-refractivity contribution in [3.05, 3.63) is 47.6 Å². The Morgan fingerprint density at radius 1 is 0.687 bits per heavy atom. The number of nitrogens with one attached hydrogen (secondary N) is 4. The number of halogens is 2. The minimum atomic E-state index is -2.18. The van der Waals surface area contributed by atoms with Crippen molar-refractivity contribution < 1.29 is 82.5 Å². The highest BCUT2D eigenvalue weighted by molar-refractivity contribution is 6.07. The van der Waals surface area contributed by atoms with E-state index in [4.69, 9.17) is 9.47 Å². The first kappa shape index (κ1) is 65.3. The lowest BCUT2D eigenvalue weighted by Crippen LogP contribution is -2.69. The molecular formula is C60H86F2N6O15. The van der Waals surface area contributed by atoms with Gasteiger partial charge >= 0.3 is 0 Å². The molecule has 0 saturated heterocycles. The smallest absolute Gasteiger partial charge is 0.259 e. The number of hydrogen-bond acceptors (Lipinski definition) is 17. The van der Waals surface area contributed by atoms with E-state index in [9.17, 15) is 64.2 Å². The maximum atomic E-state index is 17.9. The predicted molar refractivity (Wildman–Crippen MR) is 299 cm³/mol. The van der Waals surface area contributed by atoms with Crippen molar-refractivity contribution in [3.63, 3.8) is 0 Å². The second-order valence-electron chi connectivity index (χ2n) is 25.4. The van der Waals surface area contributed by atoms with Crippen LogP contribution in [0.1, 0.15) is 120 Å². The second-order valence-corrected chi connectivity index (χ2v) is 25.4. The summed E-state index contributed by atoms with van der Waals surface area (Å²) in [5, 5.41) is 79.7. The first-order chi connectivity index (χ1) is 38.5. The van der Waals surface area contributed by atoms with Crippen molar-refractivity contribution in [2.45, 2.75) is 154 Å². The predicted octanol–water partition coefficient (Wildman–Crippen LogP) is 2.50. The van der Waals surface area contributed by atoms with Crippen LogP contribution in [0.4, 0.5) is 8.78 Å². The third-order valence-electron chi connectivity index (χ3n) is 21.4. The number of Topliss-reactive ketones (excluding diaryl/α,β-unsaturated/α-hetero) is 3. The van der Waals surface area contributed by atoms with Gasteiger partial charge in [-0.3, -0.25) is 33.6 Å². The van der Waals surface area contributed by atoms with Crippen molar-refractivity contribution in [2.75, 3.05) is 53.2 Å². The van der Waals surface area contributed by atoms with Crippen molar-refractivity contribution in [2.24, 2.45) is 73.3 Å². The summed E-state index contributed by atoms with van der Waals surface area (Å²) in [6.45, 7) is 7.37. The summed E-state index contributed by atoms with van der Waals surface area (Å²) < 4.78 is 46.0. The van der Waals surface area contributed by atoms with Crippen molar-refractivity contribution in [1.82, 2.24) is 21.5 Å². The van der Waals surface area contributed by atoms with Crippen LogP contribution >= 0.6 is 0 Å². The van der Waals surface area contributed by atoms with Crippen molar-refractivity contribution in [3.8, 4) is 0 Å². The molecule has 17 atom stereocenters. The first-order valence-electron chi connectivity index (χ1n) is 28.6. The third-order valence-corrected chi connectivity index (χ3v) is 21.4. The Bertz CT molecular complexity index is 2790. The number of nitrogens with zero attached hydrogens (tertiary/aromatic N) is 2. The van der Waals surface area contributed by atoms with E-state index in [0.717, 1.165) is 0 Å². The number of fused-ring (bicyclic) bond motifs is 10. The van der Waals surface area contributed by atoms with Gasteiger partial charge in [0.1, 0.15) is 31.0 Å². The third kappa shape index (κ3) is 10.5. The molecule has 0 aromatic rings. The highest BCUT2D eigenvalue weighted by atomic mass is 19.1. The molecule has 0 unspecified atom stereocenters. The first-order valence-corrected chi connectivity index (χ1v) is 28.6. The lowest BCUT2D eigenvalue weighted by atomic mass is 9.44. The number of aliphatic hydroxyl groups is 6. The molecule has 4 amide bonds. The molecule has 10 N–H and O–H groups in total. The van der Waals surface area contributed by atoms with Crippen LogP contribution < -0.4 is 21.5 Å². The minimum Gasteiger partial charge on any atom is -0.390 e. The zero-order valence-electron chi connectivity index (χ0n) is 47.9. The molecule has 0 bridgehead atoms. The maximum absolute atomic E-state index is 17.9. The van der Waals surface area contributed by atoms with Crippen molar-refractivity contribution in [1.29, 1.82) is 0 Å². The zero-order chi connectivity index (χ0) is 60.2. The largest absolute Gasteiger partial charge is 0.390 e. The Morgan fingerprint density at radius 3 is 1.57 bits per heavy atom. The molecule has 21 nitrogen and oxygen atoms in total. The Morgan fingerprint density at radius 2 is 1.13 bits per heavy atom. The Kier molecular flexibility index (Phi) is 19.1. The summed E-state index contributed by atoms with van der Waals surface area (Å²) in [6.07, 6.45) is 7.29. The van der Waals surface area contributed by atoms with E-state index >= 15 is 8.78 Å². The second kappa shape index (κ2) is 24.2. The fourth-order valence-electron chi connectivity index (χ4n) is 16.9. The minimum absolute atomic E-state index is 0. The Balaban J connectivity index is 0.00000990. The number of aliphatic hydroxyl groups excluding tert-OH is 4. The van der Waals surface area contributed by atoms with Gasteiger partial charge in [-0.1, -0.05) is 58.4 Å². The normalized spacial score (nSPS) is 40.4. The van der Waals surface area contributed by atoms with Gasteiger partial charge in [0.25, 0.3) is 11.8 Å². The van der Waals surface area contributed by atoms with E-state index in [-0.39, 0.29) is 70.8 Å². The summed E-state index contributed by atoms with van der Waals surface area (Å²) in [7, 11) is 1.46. The van der Waals surface area contributed by atoms with Gasteiger partial charge in [-0.05, 0) is 120 Å². The highest BCUT2D eigenvalue weighted by Gasteiger charge is 2.77. The molecule has 0 aromatic carbocycles. The monoisotopic (exact) mass is 1170 g/mol. The Labute approximate surface area is 483 Å². The van der Waals surface area contributed by atoms with E-state index in [2.05, 4.69) is 31.7 Å². The molecule has 0 aliphatic heterocycles. The van der Waals surface area contributed by atoms with E-state index in [1.165, 1.54) is 19.3 Å². The summed E-state index contributed by atoms with van der Waals surface area (Å²) in [4.78, 5) is 91.5. The molecule has 0 aromatic heterocycles. The van der Waals surface area contributed by atoms with Crippen molar-refractivity contribution >= 4 is 52.4 Å². The molecule has 6 fully saturated rings. The number of ketones is 3. The number of ether oxygens (including phenoxy) is 2. The average Bonchev–Trinajstić information content (AvgIpc) is 1.79. The van der Waals surface area contributed by atoms with E-state index in [0.29, 0.717) is 49.7 Å². The molecule has 0 spiro atoms. The van der Waals surface area contributed by atoms with Gasteiger partial charge < -0.3 is 50.7 Å². The van der Waals surface area contributed by atoms with Crippen LogP contribution in [-0.4, -0.2) is 171 Å². The van der Waals surface area contributed by atoms with E-state index in [1.54, 1.807) is 65.8 Å². The van der Waals surface area contributed by atoms with Gasteiger partial charge in [-0.15, -0.1) is 0 Å². The average molecular weight is 1170 g/mol. The number of allylic oxidation sites excluding steroid dienone is 8. The molecule has 0 heterocycles. The van der Waals surface area contributed by atoms with Crippen LogP contribution in [0.25, 0.3) is 0 Å². The molecule has 460 valence electrons. The maximum Gasteiger partial charge on any atom is 0.259 e. The number of hydrogen-bond donors (Lipinski definition) is 10. The lowest BCUT2D eigenvalue weighted by Gasteiger charge is -2.62. The molecular weight excluding hydrogens is 1080 g/mol. The SMILES string of the molecule is C.COCCOCC(=O)C[C@@H](CCC(=O)NCC(=O)N/N=C1\C=C[C@@]2(C)C(=C1)CC[C@H]1[C@@H]3C[C@@H](C)[C@](O)(C(=O)CO)[C@@]3(C)C[C@H](O)[C@@]12F)C(=O)NCC(=O)N/N=C1\C=C[C@@]2(C)C(=C1)CC[C@H]1[C@@H]3C[C@@H](C)[C@](O)(C(=O)CO)[C@@]3(C)C[C@H](O)[C@@]12F. The van der Waals surface area contributed by atoms with Gasteiger partial charge in [0.2, 0.25) is 11.8 Å².